The first-order valence-corrected chi connectivity index (χ1v) is 5.35. The number of hydrogen-bond donors (Lipinski definition) is 3. The molecule has 4 nitrogen and oxygen atoms in total. The lowest BCUT2D eigenvalue weighted by atomic mass is 9.94. The molecule has 0 saturated heterocycles. The highest BCUT2D eigenvalue weighted by molar-refractivity contribution is 5.77. The Labute approximate surface area is 84.9 Å². The van der Waals surface area contributed by atoms with Crippen molar-refractivity contribution in [2.24, 2.45) is 5.73 Å². The molecule has 1 amide bonds. The summed E-state index contributed by atoms with van der Waals surface area (Å²) >= 11 is 0. The molecule has 0 radical (unpaired) electrons. The molecule has 1 fully saturated rings. The Morgan fingerprint density at radius 2 is 1.86 bits per heavy atom. The second kappa shape index (κ2) is 5.32. The van der Waals surface area contributed by atoms with Gasteiger partial charge in [0.15, 0.2) is 0 Å². The predicted octanol–water partition coefficient (Wildman–Crippen LogP) is 0.147. The van der Waals surface area contributed by atoms with Crippen molar-refractivity contribution >= 4 is 5.91 Å². The molecule has 1 saturated carbocycles. The fourth-order valence-electron chi connectivity index (χ4n) is 1.90. The minimum Gasteiger partial charge on any atom is -0.388 e. The summed E-state index contributed by atoms with van der Waals surface area (Å²) in [6, 6.07) is 0. The highest BCUT2D eigenvalue weighted by atomic mass is 16.3. The van der Waals surface area contributed by atoms with Crippen LogP contribution in [0, 0.1) is 0 Å². The molecular weight excluding hydrogens is 180 g/mol. The zero-order valence-electron chi connectivity index (χ0n) is 8.59. The highest BCUT2D eigenvalue weighted by Gasteiger charge is 2.27. The van der Waals surface area contributed by atoms with Crippen LogP contribution in [0.3, 0.4) is 0 Å². The van der Waals surface area contributed by atoms with Crippen LogP contribution in [0.5, 0.6) is 0 Å². The summed E-state index contributed by atoms with van der Waals surface area (Å²) < 4.78 is 0. The zero-order chi connectivity index (χ0) is 10.4. The maximum atomic E-state index is 10.9. The van der Waals surface area contributed by atoms with Gasteiger partial charge in [0, 0.05) is 6.54 Å². The third kappa shape index (κ3) is 3.64. The van der Waals surface area contributed by atoms with Gasteiger partial charge >= 0.3 is 0 Å². The first-order chi connectivity index (χ1) is 6.66. The molecule has 4 heteroatoms. The Balaban J connectivity index is 2.35. The lowest BCUT2D eigenvalue weighted by Gasteiger charge is -2.26. The van der Waals surface area contributed by atoms with Gasteiger partial charge in [-0.1, -0.05) is 25.7 Å². The van der Waals surface area contributed by atoms with Gasteiger partial charge in [-0.05, 0) is 12.8 Å². The van der Waals surface area contributed by atoms with Crippen molar-refractivity contribution in [3.63, 3.8) is 0 Å². The lowest BCUT2D eigenvalue weighted by Crippen LogP contribution is -2.44. The molecular formula is C10H20N2O2. The average Bonchev–Trinajstić information content (AvgIpc) is 2.40. The molecule has 0 heterocycles. The summed E-state index contributed by atoms with van der Waals surface area (Å²) in [5.74, 6) is -0.192. The van der Waals surface area contributed by atoms with Crippen LogP contribution in [0.1, 0.15) is 38.5 Å². The van der Waals surface area contributed by atoms with E-state index in [4.69, 9.17) is 5.73 Å². The summed E-state index contributed by atoms with van der Waals surface area (Å²) in [5, 5.41) is 12.8. The zero-order valence-corrected chi connectivity index (χ0v) is 8.59. The maximum Gasteiger partial charge on any atom is 0.233 e. The fourth-order valence-corrected chi connectivity index (χ4v) is 1.90. The molecule has 0 aromatic heterocycles. The minimum atomic E-state index is -0.693. The van der Waals surface area contributed by atoms with Crippen LogP contribution in [-0.2, 0) is 4.79 Å². The van der Waals surface area contributed by atoms with E-state index in [1.54, 1.807) is 0 Å². The molecule has 0 aliphatic heterocycles. The lowest BCUT2D eigenvalue weighted by molar-refractivity contribution is -0.121. The number of carbonyl (C=O) groups is 1. The van der Waals surface area contributed by atoms with Crippen LogP contribution >= 0.6 is 0 Å². The second-order valence-electron chi connectivity index (χ2n) is 4.12. The Morgan fingerprint density at radius 1 is 1.29 bits per heavy atom. The molecule has 0 atom stereocenters. The molecule has 4 N–H and O–H groups in total. The number of carbonyl (C=O) groups excluding carboxylic acids is 1. The Kier molecular flexibility index (Phi) is 4.35. The van der Waals surface area contributed by atoms with Crippen LogP contribution < -0.4 is 11.1 Å². The summed E-state index contributed by atoms with van der Waals surface area (Å²) in [4.78, 5) is 10.9. The molecule has 1 aliphatic carbocycles. The third-order valence-electron chi connectivity index (χ3n) is 2.83. The van der Waals surface area contributed by atoms with Gasteiger partial charge in [0.1, 0.15) is 0 Å². The van der Waals surface area contributed by atoms with Gasteiger partial charge in [-0.2, -0.15) is 0 Å². The molecule has 0 aromatic rings. The monoisotopic (exact) mass is 200 g/mol. The fraction of sp³-hybridized carbons (Fsp3) is 0.900. The van der Waals surface area contributed by atoms with Gasteiger partial charge in [0.05, 0.1) is 12.1 Å². The van der Waals surface area contributed by atoms with E-state index in [9.17, 15) is 9.90 Å². The molecule has 14 heavy (non-hydrogen) atoms. The van der Waals surface area contributed by atoms with E-state index in [2.05, 4.69) is 5.32 Å². The number of hydrogen-bond acceptors (Lipinski definition) is 3. The van der Waals surface area contributed by atoms with Crippen molar-refractivity contribution in [1.82, 2.24) is 5.32 Å². The van der Waals surface area contributed by atoms with Crippen LogP contribution in [0.25, 0.3) is 0 Å². The number of rotatable bonds is 3. The highest BCUT2D eigenvalue weighted by Crippen LogP contribution is 2.26. The van der Waals surface area contributed by atoms with Crippen molar-refractivity contribution in [3.8, 4) is 0 Å². The minimum absolute atomic E-state index is 0.00389. The molecule has 1 aliphatic rings. The van der Waals surface area contributed by atoms with Crippen molar-refractivity contribution in [1.29, 1.82) is 0 Å². The number of nitrogens with one attached hydrogen (secondary N) is 1. The molecule has 0 spiro atoms. The van der Waals surface area contributed by atoms with Gasteiger partial charge in [0.25, 0.3) is 0 Å². The van der Waals surface area contributed by atoms with E-state index in [-0.39, 0.29) is 12.5 Å². The number of nitrogens with two attached hydrogens (primary N) is 1. The third-order valence-corrected chi connectivity index (χ3v) is 2.83. The predicted molar refractivity (Wildman–Crippen MR) is 54.7 cm³/mol. The van der Waals surface area contributed by atoms with Crippen molar-refractivity contribution in [2.75, 3.05) is 13.1 Å². The number of aliphatic hydroxyl groups is 1. The topological polar surface area (TPSA) is 75.4 Å². The smallest absolute Gasteiger partial charge is 0.233 e. The van der Waals surface area contributed by atoms with Gasteiger partial charge in [-0.15, -0.1) is 0 Å². The van der Waals surface area contributed by atoms with Gasteiger partial charge in [-0.25, -0.2) is 0 Å². The summed E-state index contributed by atoms with van der Waals surface area (Å²) in [7, 11) is 0. The Morgan fingerprint density at radius 3 is 2.36 bits per heavy atom. The maximum absolute atomic E-state index is 10.9. The van der Waals surface area contributed by atoms with Crippen molar-refractivity contribution in [2.45, 2.75) is 44.1 Å². The van der Waals surface area contributed by atoms with Gasteiger partial charge < -0.3 is 16.2 Å². The largest absolute Gasteiger partial charge is 0.388 e. The van der Waals surface area contributed by atoms with E-state index >= 15 is 0 Å². The van der Waals surface area contributed by atoms with Gasteiger partial charge in [0.2, 0.25) is 5.91 Å². The van der Waals surface area contributed by atoms with Crippen molar-refractivity contribution < 1.29 is 9.90 Å². The normalized spacial score (nSPS) is 21.3. The summed E-state index contributed by atoms with van der Waals surface area (Å²) in [5.41, 5.74) is 4.47. The Bertz CT molecular complexity index is 187. The molecule has 1 rings (SSSR count). The van der Waals surface area contributed by atoms with Crippen LogP contribution in [0.2, 0.25) is 0 Å². The van der Waals surface area contributed by atoms with E-state index in [0.29, 0.717) is 6.54 Å². The first-order valence-electron chi connectivity index (χ1n) is 5.35. The van der Waals surface area contributed by atoms with E-state index in [0.717, 1.165) is 25.7 Å². The van der Waals surface area contributed by atoms with E-state index < -0.39 is 5.60 Å². The summed E-state index contributed by atoms with van der Waals surface area (Å²) in [6.07, 6.45) is 6.06. The van der Waals surface area contributed by atoms with Crippen LogP contribution in [0.15, 0.2) is 0 Å². The molecule has 0 unspecified atom stereocenters. The SMILES string of the molecule is NCC(=O)NCC1(O)CCCCCC1. The molecule has 0 aromatic carbocycles. The molecule has 82 valence electrons. The average molecular weight is 200 g/mol. The second-order valence-corrected chi connectivity index (χ2v) is 4.12. The van der Waals surface area contributed by atoms with E-state index in [1.165, 1.54) is 12.8 Å². The number of amides is 1. The summed E-state index contributed by atoms with van der Waals surface area (Å²) in [6.45, 7) is 0.346. The van der Waals surface area contributed by atoms with Gasteiger partial charge in [-0.3, -0.25) is 4.79 Å². The van der Waals surface area contributed by atoms with Crippen molar-refractivity contribution in [3.05, 3.63) is 0 Å². The first kappa shape index (κ1) is 11.5. The Hall–Kier alpha value is -0.610. The van der Waals surface area contributed by atoms with Crippen LogP contribution in [-0.4, -0.2) is 29.7 Å². The van der Waals surface area contributed by atoms with E-state index in [1.807, 2.05) is 0 Å². The molecule has 0 bridgehead atoms. The van der Waals surface area contributed by atoms with Crippen LogP contribution in [0.4, 0.5) is 0 Å². The standard InChI is InChI=1S/C10H20N2O2/c11-7-9(13)12-8-10(14)5-3-1-2-4-6-10/h14H,1-8,11H2,(H,12,13). The quantitative estimate of drug-likeness (QED) is 0.567.